The molecule has 3 aromatic rings. The summed E-state index contributed by atoms with van der Waals surface area (Å²) in [6, 6.07) is 16.8. The van der Waals surface area contributed by atoms with Gasteiger partial charge in [0.2, 0.25) is 0 Å². The quantitative estimate of drug-likeness (QED) is 0.471. The van der Waals surface area contributed by atoms with Crippen LogP contribution in [0.4, 0.5) is 4.39 Å². The molecular formula is C25H28ClFN2O2. The average molecular weight is 443 g/mol. The van der Waals surface area contributed by atoms with E-state index in [0.717, 1.165) is 69.2 Å². The smallest absolute Gasteiger partial charge is 0.124 e. The number of rotatable bonds is 9. The van der Waals surface area contributed by atoms with Crippen LogP contribution in [0.5, 0.6) is 5.75 Å². The Morgan fingerprint density at radius 1 is 1.06 bits per heavy atom. The average Bonchev–Trinajstić information content (AvgIpc) is 2.79. The van der Waals surface area contributed by atoms with E-state index < -0.39 is 0 Å². The van der Waals surface area contributed by atoms with Crippen molar-refractivity contribution < 1.29 is 13.9 Å². The lowest BCUT2D eigenvalue weighted by atomic mass is 10.0. The number of hydrogen-bond acceptors (Lipinski definition) is 4. The fourth-order valence-electron chi connectivity index (χ4n) is 3.89. The van der Waals surface area contributed by atoms with Gasteiger partial charge in [0.25, 0.3) is 0 Å². The van der Waals surface area contributed by atoms with E-state index in [4.69, 9.17) is 21.1 Å². The Bertz CT molecular complexity index is 1010. The zero-order chi connectivity index (χ0) is 21.5. The fraction of sp³-hybridized carbons (Fsp3) is 0.360. The van der Waals surface area contributed by atoms with E-state index in [9.17, 15) is 4.39 Å². The number of fused-ring (bicyclic) bond motifs is 1. The molecule has 0 spiro atoms. The third-order valence-electron chi connectivity index (χ3n) is 5.63. The summed E-state index contributed by atoms with van der Waals surface area (Å²) < 4.78 is 24.9. The molecule has 0 unspecified atom stereocenters. The first-order valence-corrected chi connectivity index (χ1v) is 11.2. The van der Waals surface area contributed by atoms with E-state index in [-0.39, 0.29) is 5.82 Å². The molecule has 4 nitrogen and oxygen atoms in total. The van der Waals surface area contributed by atoms with Gasteiger partial charge < -0.3 is 14.8 Å². The molecule has 1 saturated heterocycles. The highest BCUT2D eigenvalue weighted by molar-refractivity contribution is 6.31. The molecule has 0 aliphatic carbocycles. The third-order valence-corrected chi connectivity index (χ3v) is 5.98. The Labute approximate surface area is 187 Å². The van der Waals surface area contributed by atoms with Crippen molar-refractivity contribution in [1.29, 1.82) is 0 Å². The van der Waals surface area contributed by atoms with Crippen LogP contribution in [0.1, 0.15) is 17.5 Å². The van der Waals surface area contributed by atoms with E-state index >= 15 is 0 Å². The van der Waals surface area contributed by atoms with Crippen LogP contribution in [0.25, 0.3) is 10.8 Å². The predicted octanol–water partition coefficient (Wildman–Crippen LogP) is 5.02. The Balaban J connectivity index is 1.41. The summed E-state index contributed by atoms with van der Waals surface area (Å²) in [4.78, 5) is 2.45. The van der Waals surface area contributed by atoms with E-state index in [1.807, 2.05) is 18.2 Å². The van der Waals surface area contributed by atoms with Gasteiger partial charge in [-0.3, -0.25) is 4.90 Å². The molecule has 1 aliphatic rings. The molecule has 1 heterocycles. The Hall–Kier alpha value is -2.18. The second-order valence-corrected chi connectivity index (χ2v) is 8.18. The maximum absolute atomic E-state index is 13.3. The molecule has 6 heteroatoms. The number of nitrogens with one attached hydrogen (secondary N) is 1. The highest BCUT2D eigenvalue weighted by atomic mass is 35.5. The van der Waals surface area contributed by atoms with Crippen molar-refractivity contribution in [2.24, 2.45) is 0 Å². The SMILES string of the molecule is Fc1ccc(COc2ccc3ccccc3c2CNCCCN2CCOCC2)c(Cl)c1. The maximum Gasteiger partial charge on any atom is 0.124 e. The van der Waals surface area contributed by atoms with Crippen LogP contribution < -0.4 is 10.1 Å². The Kier molecular flexibility index (Phi) is 7.76. The van der Waals surface area contributed by atoms with Crippen molar-refractivity contribution in [2.45, 2.75) is 19.6 Å². The van der Waals surface area contributed by atoms with Gasteiger partial charge >= 0.3 is 0 Å². The first kappa shape index (κ1) is 22.0. The van der Waals surface area contributed by atoms with Crippen LogP contribution in [0.2, 0.25) is 5.02 Å². The van der Waals surface area contributed by atoms with Gasteiger partial charge in [-0.15, -0.1) is 0 Å². The van der Waals surface area contributed by atoms with Crippen LogP contribution in [-0.4, -0.2) is 44.3 Å². The van der Waals surface area contributed by atoms with Gasteiger partial charge in [-0.1, -0.05) is 48.0 Å². The zero-order valence-corrected chi connectivity index (χ0v) is 18.3. The van der Waals surface area contributed by atoms with Gasteiger partial charge in [-0.05, 0) is 48.5 Å². The lowest BCUT2D eigenvalue weighted by Gasteiger charge is -2.26. The summed E-state index contributed by atoms with van der Waals surface area (Å²) >= 11 is 6.17. The molecule has 0 bridgehead atoms. The van der Waals surface area contributed by atoms with Crippen LogP contribution in [-0.2, 0) is 17.9 Å². The first-order valence-electron chi connectivity index (χ1n) is 10.8. The Morgan fingerprint density at radius 3 is 2.74 bits per heavy atom. The normalized spacial score (nSPS) is 14.8. The van der Waals surface area contributed by atoms with E-state index in [0.29, 0.717) is 11.6 Å². The molecule has 1 aliphatic heterocycles. The molecule has 0 amide bonds. The van der Waals surface area contributed by atoms with Gasteiger partial charge in [0.15, 0.2) is 0 Å². The van der Waals surface area contributed by atoms with Gasteiger partial charge in [0, 0.05) is 30.8 Å². The molecular weight excluding hydrogens is 415 g/mol. The van der Waals surface area contributed by atoms with Crippen molar-refractivity contribution >= 4 is 22.4 Å². The molecule has 31 heavy (non-hydrogen) atoms. The second-order valence-electron chi connectivity index (χ2n) is 7.77. The largest absolute Gasteiger partial charge is 0.488 e. The Morgan fingerprint density at radius 2 is 1.90 bits per heavy atom. The van der Waals surface area contributed by atoms with Crippen molar-refractivity contribution in [3.05, 3.63) is 76.6 Å². The molecule has 3 aromatic carbocycles. The monoisotopic (exact) mass is 442 g/mol. The van der Waals surface area contributed by atoms with Gasteiger partial charge in [-0.2, -0.15) is 0 Å². The molecule has 1 N–H and O–H groups in total. The minimum Gasteiger partial charge on any atom is -0.488 e. The third kappa shape index (κ3) is 5.95. The zero-order valence-electron chi connectivity index (χ0n) is 17.6. The highest BCUT2D eigenvalue weighted by Gasteiger charge is 2.12. The fourth-order valence-corrected chi connectivity index (χ4v) is 4.12. The van der Waals surface area contributed by atoms with Gasteiger partial charge in [0.1, 0.15) is 18.2 Å². The minimum atomic E-state index is -0.346. The summed E-state index contributed by atoms with van der Waals surface area (Å²) in [6.45, 7) is 6.74. The summed E-state index contributed by atoms with van der Waals surface area (Å²) in [7, 11) is 0. The number of nitrogens with zero attached hydrogens (tertiary/aromatic N) is 1. The van der Waals surface area contributed by atoms with Crippen molar-refractivity contribution in [3.63, 3.8) is 0 Å². The molecule has 0 atom stereocenters. The molecule has 164 valence electrons. The number of morpholine rings is 1. The molecule has 0 radical (unpaired) electrons. The van der Waals surface area contributed by atoms with Crippen molar-refractivity contribution in [3.8, 4) is 5.75 Å². The number of ether oxygens (including phenoxy) is 2. The molecule has 1 fully saturated rings. The number of benzene rings is 3. The van der Waals surface area contributed by atoms with Crippen molar-refractivity contribution in [1.82, 2.24) is 10.2 Å². The first-order chi connectivity index (χ1) is 15.2. The predicted molar refractivity (Wildman–Crippen MR) is 123 cm³/mol. The highest BCUT2D eigenvalue weighted by Crippen LogP contribution is 2.29. The number of halogens is 2. The van der Waals surface area contributed by atoms with Crippen LogP contribution in [0.15, 0.2) is 54.6 Å². The second kappa shape index (κ2) is 10.9. The summed E-state index contributed by atoms with van der Waals surface area (Å²) in [5.74, 6) is 0.473. The van der Waals surface area contributed by atoms with Crippen LogP contribution >= 0.6 is 11.6 Å². The number of hydrogen-bond donors (Lipinski definition) is 1. The topological polar surface area (TPSA) is 33.7 Å². The molecule has 0 saturated carbocycles. The summed E-state index contributed by atoms with van der Waals surface area (Å²) in [5, 5.41) is 6.31. The lowest BCUT2D eigenvalue weighted by Crippen LogP contribution is -2.37. The minimum absolute atomic E-state index is 0.293. The maximum atomic E-state index is 13.3. The summed E-state index contributed by atoms with van der Waals surface area (Å²) in [6.07, 6.45) is 1.09. The van der Waals surface area contributed by atoms with Gasteiger partial charge in [0.05, 0.1) is 18.2 Å². The lowest BCUT2D eigenvalue weighted by molar-refractivity contribution is 0.0374. The van der Waals surface area contributed by atoms with Crippen LogP contribution in [0, 0.1) is 5.82 Å². The van der Waals surface area contributed by atoms with Gasteiger partial charge in [-0.25, -0.2) is 4.39 Å². The standard InChI is InChI=1S/C25H28ClFN2O2/c26-24-16-21(27)8-6-20(24)18-31-25-9-7-19-4-1-2-5-22(19)23(25)17-28-10-3-11-29-12-14-30-15-13-29/h1-2,4-9,16,28H,3,10-15,17-18H2. The van der Waals surface area contributed by atoms with E-state index in [1.54, 1.807) is 6.07 Å². The van der Waals surface area contributed by atoms with E-state index in [2.05, 4.69) is 28.4 Å². The summed E-state index contributed by atoms with van der Waals surface area (Å²) in [5.41, 5.74) is 1.89. The van der Waals surface area contributed by atoms with Crippen molar-refractivity contribution in [2.75, 3.05) is 39.4 Å². The molecule has 0 aromatic heterocycles. The van der Waals surface area contributed by atoms with E-state index in [1.165, 1.54) is 22.9 Å². The van der Waals surface area contributed by atoms with Crippen LogP contribution in [0.3, 0.4) is 0 Å². The molecule has 4 rings (SSSR count).